The molecule has 4 amide bonds. The van der Waals surface area contributed by atoms with Crippen molar-refractivity contribution in [2.75, 3.05) is 13.2 Å². The summed E-state index contributed by atoms with van der Waals surface area (Å²) < 4.78 is 0. The molecule has 0 aliphatic carbocycles. The van der Waals surface area contributed by atoms with Gasteiger partial charge in [-0.25, -0.2) is 0 Å². The highest BCUT2D eigenvalue weighted by atomic mass is 16.7. The molecular formula is C58H106N4O6. The van der Waals surface area contributed by atoms with E-state index in [0.29, 0.717) is 26.1 Å². The Labute approximate surface area is 417 Å². The summed E-state index contributed by atoms with van der Waals surface area (Å²) in [5, 5.41) is 4.34. The summed E-state index contributed by atoms with van der Waals surface area (Å²) in [6.45, 7) is 23.4. The minimum atomic E-state index is -0.307. The van der Waals surface area contributed by atoms with Crippen molar-refractivity contribution in [2.45, 2.75) is 322 Å². The van der Waals surface area contributed by atoms with Crippen LogP contribution in [-0.4, -0.2) is 91.0 Å². The fraction of sp³-hybridized carbons (Fsp3) is 0.931. The zero-order valence-electron chi connectivity index (χ0n) is 46.0. The van der Waals surface area contributed by atoms with Gasteiger partial charge in [-0.05, 0) is 107 Å². The van der Waals surface area contributed by atoms with Crippen molar-refractivity contribution in [3.63, 3.8) is 0 Å². The molecule has 68 heavy (non-hydrogen) atoms. The highest BCUT2D eigenvalue weighted by molar-refractivity contribution is 6.04. The van der Waals surface area contributed by atoms with Crippen LogP contribution >= 0.6 is 0 Å². The number of carbonyl (C=O) groups is 4. The van der Waals surface area contributed by atoms with Gasteiger partial charge in [-0.1, -0.05) is 168 Å². The third-order valence-corrected chi connectivity index (χ3v) is 16.2. The maximum absolute atomic E-state index is 13.7. The molecule has 0 aromatic carbocycles. The minimum Gasteiger partial charge on any atom is -0.298 e. The van der Waals surface area contributed by atoms with E-state index in [9.17, 15) is 19.2 Å². The number of hydrogen-bond donors (Lipinski definition) is 0. The molecule has 4 heterocycles. The Hall–Kier alpha value is -1.88. The highest BCUT2D eigenvalue weighted by Gasteiger charge is 2.54. The molecule has 4 fully saturated rings. The number of imide groups is 2. The molecule has 4 saturated heterocycles. The van der Waals surface area contributed by atoms with Crippen LogP contribution in [0.4, 0.5) is 0 Å². The first-order valence-electron chi connectivity index (χ1n) is 28.9. The molecule has 4 aliphatic heterocycles. The van der Waals surface area contributed by atoms with Crippen LogP contribution in [0.1, 0.15) is 288 Å². The Bertz CT molecular complexity index is 1360. The summed E-state index contributed by atoms with van der Waals surface area (Å²) in [5.41, 5.74) is -1.23. The molecule has 2 unspecified atom stereocenters. The number of amides is 4. The predicted octanol–water partition coefficient (Wildman–Crippen LogP) is 14.6. The molecule has 0 spiro atoms. The molecular weight excluding hydrogens is 849 g/mol. The SMILES string of the molecule is CCCCCCCCCCCCC1CC(=O)N(C2CC(C)(C)N(OCCCCCCCCON3C(C)(C)CC(N4C(=O)CC(CCCCCCCCCCCC)C4=O)CC3(C)C)C(C)(C)C2)C1=O. The third-order valence-electron chi connectivity index (χ3n) is 16.2. The predicted molar refractivity (Wildman–Crippen MR) is 278 cm³/mol. The second kappa shape index (κ2) is 29.0. The van der Waals surface area contributed by atoms with Crippen LogP contribution < -0.4 is 0 Å². The fourth-order valence-corrected chi connectivity index (χ4v) is 13.1. The van der Waals surface area contributed by atoms with Gasteiger partial charge in [-0.2, -0.15) is 10.1 Å². The number of piperidine rings is 2. The van der Waals surface area contributed by atoms with Crippen molar-refractivity contribution in [3.8, 4) is 0 Å². The van der Waals surface area contributed by atoms with Crippen LogP contribution in [0.2, 0.25) is 0 Å². The number of unbranched alkanes of at least 4 members (excludes halogenated alkanes) is 23. The van der Waals surface area contributed by atoms with Crippen molar-refractivity contribution in [1.82, 2.24) is 19.9 Å². The van der Waals surface area contributed by atoms with E-state index in [2.05, 4.69) is 79.4 Å². The summed E-state index contributed by atoms with van der Waals surface area (Å²) in [7, 11) is 0. The van der Waals surface area contributed by atoms with E-state index in [4.69, 9.17) is 9.68 Å². The average Bonchev–Trinajstić information content (AvgIpc) is 3.71. The zero-order chi connectivity index (χ0) is 49.8. The molecule has 0 aromatic rings. The maximum Gasteiger partial charge on any atom is 0.233 e. The van der Waals surface area contributed by atoms with Crippen molar-refractivity contribution >= 4 is 23.6 Å². The van der Waals surface area contributed by atoms with Gasteiger partial charge in [0, 0.05) is 58.9 Å². The van der Waals surface area contributed by atoms with Gasteiger partial charge in [0.1, 0.15) is 0 Å². The van der Waals surface area contributed by atoms with E-state index in [-0.39, 0.29) is 69.7 Å². The normalized spacial score (nSPS) is 23.5. The van der Waals surface area contributed by atoms with Crippen LogP contribution in [0, 0.1) is 11.8 Å². The van der Waals surface area contributed by atoms with Gasteiger partial charge in [0.15, 0.2) is 0 Å². The van der Waals surface area contributed by atoms with Crippen molar-refractivity contribution in [2.24, 2.45) is 11.8 Å². The van der Waals surface area contributed by atoms with Gasteiger partial charge >= 0.3 is 0 Å². The van der Waals surface area contributed by atoms with E-state index in [1.54, 1.807) is 9.80 Å². The summed E-state index contributed by atoms with van der Waals surface area (Å²) in [6, 6.07) is -0.178. The first-order chi connectivity index (χ1) is 32.4. The third kappa shape index (κ3) is 18.0. The number of hydroxylamine groups is 4. The molecule has 4 aliphatic rings. The van der Waals surface area contributed by atoms with Crippen LogP contribution in [0.3, 0.4) is 0 Å². The molecule has 0 saturated carbocycles. The van der Waals surface area contributed by atoms with Gasteiger partial charge in [0.2, 0.25) is 23.6 Å². The standard InChI is InChI=1S/C58H106N4O6/c1-11-13-15-17-19-21-23-25-29-33-37-47-41-51(63)59(53(47)65)49-43-55(3,4)61(56(5,6)44-49)67-39-35-31-27-28-32-36-40-68-62-57(7,8)45-50(46-58(62,9)10)60-52(64)42-48(54(60)66)38-34-30-26-24-22-20-18-16-14-12-2/h47-50H,11-46H2,1-10H3. The Balaban J connectivity index is 1.08. The largest absolute Gasteiger partial charge is 0.298 e. The molecule has 0 radical (unpaired) electrons. The molecule has 2 atom stereocenters. The topological polar surface area (TPSA) is 99.7 Å². The van der Waals surface area contributed by atoms with Crippen LogP contribution in [0.15, 0.2) is 0 Å². The molecule has 394 valence electrons. The second-order valence-corrected chi connectivity index (χ2v) is 24.7. The maximum atomic E-state index is 13.7. The van der Waals surface area contributed by atoms with Crippen LogP contribution in [-0.2, 0) is 28.9 Å². The number of hydrogen-bond acceptors (Lipinski definition) is 8. The molecule has 10 heteroatoms. The number of nitrogens with zero attached hydrogens (tertiary/aromatic N) is 4. The van der Waals surface area contributed by atoms with Crippen LogP contribution in [0.25, 0.3) is 0 Å². The summed E-state index contributed by atoms with van der Waals surface area (Å²) in [4.78, 5) is 70.4. The van der Waals surface area contributed by atoms with E-state index in [1.807, 2.05) is 0 Å². The Morgan fingerprint density at radius 3 is 0.912 bits per heavy atom. The lowest BCUT2D eigenvalue weighted by Gasteiger charge is -2.55. The fourth-order valence-electron chi connectivity index (χ4n) is 13.1. The van der Waals surface area contributed by atoms with Gasteiger partial charge in [0.25, 0.3) is 0 Å². The van der Waals surface area contributed by atoms with Crippen molar-refractivity contribution in [3.05, 3.63) is 0 Å². The zero-order valence-corrected chi connectivity index (χ0v) is 46.0. The van der Waals surface area contributed by atoms with Gasteiger partial charge in [0.05, 0.1) is 13.2 Å². The smallest absolute Gasteiger partial charge is 0.233 e. The monoisotopic (exact) mass is 955 g/mol. The Morgan fingerprint density at radius 2 is 0.632 bits per heavy atom. The van der Waals surface area contributed by atoms with E-state index >= 15 is 0 Å². The lowest BCUT2D eigenvalue weighted by atomic mass is 9.78. The first kappa shape index (κ1) is 58.7. The van der Waals surface area contributed by atoms with E-state index < -0.39 is 0 Å². The number of likely N-dealkylation sites (tertiary alicyclic amines) is 2. The van der Waals surface area contributed by atoms with E-state index in [0.717, 1.165) is 103 Å². The molecule has 0 N–H and O–H groups in total. The van der Waals surface area contributed by atoms with E-state index in [1.165, 1.54) is 103 Å². The first-order valence-corrected chi connectivity index (χ1v) is 28.9. The number of rotatable bonds is 35. The highest BCUT2D eigenvalue weighted by Crippen LogP contribution is 2.44. The Kier molecular flexibility index (Phi) is 25.0. The van der Waals surface area contributed by atoms with Gasteiger partial charge in [-0.15, -0.1) is 0 Å². The summed E-state index contributed by atoms with van der Waals surface area (Å²) in [6.07, 6.45) is 37.3. The molecule has 4 rings (SSSR count). The van der Waals surface area contributed by atoms with Gasteiger partial charge in [-0.3, -0.25) is 38.7 Å². The van der Waals surface area contributed by atoms with Crippen molar-refractivity contribution < 1.29 is 28.9 Å². The lowest BCUT2D eigenvalue weighted by molar-refractivity contribution is -0.287. The molecule has 0 bridgehead atoms. The Morgan fingerprint density at radius 1 is 0.382 bits per heavy atom. The lowest BCUT2D eigenvalue weighted by Crippen LogP contribution is -2.64. The minimum absolute atomic E-state index is 0.0230. The summed E-state index contributed by atoms with van der Waals surface area (Å²) >= 11 is 0. The van der Waals surface area contributed by atoms with Crippen molar-refractivity contribution in [1.29, 1.82) is 0 Å². The number of carbonyl (C=O) groups excluding carboxylic acids is 4. The second-order valence-electron chi connectivity index (χ2n) is 24.7. The van der Waals surface area contributed by atoms with Crippen LogP contribution in [0.5, 0.6) is 0 Å². The molecule has 0 aromatic heterocycles. The van der Waals surface area contributed by atoms with Gasteiger partial charge < -0.3 is 0 Å². The summed E-state index contributed by atoms with van der Waals surface area (Å²) in [5.74, 6) is -0.120. The quantitative estimate of drug-likeness (QED) is 0.0457. The molecule has 10 nitrogen and oxygen atoms in total. The average molecular weight is 956 g/mol.